The molecule has 0 heterocycles. The van der Waals surface area contributed by atoms with Crippen LogP contribution in [0.3, 0.4) is 0 Å². The molecule has 0 radical (unpaired) electrons. The third-order valence-electron chi connectivity index (χ3n) is 3.11. The number of aliphatic hydroxyl groups is 1. The highest BCUT2D eigenvalue weighted by molar-refractivity contribution is 6.00. The first kappa shape index (κ1) is 14.9. The van der Waals surface area contributed by atoms with Gasteiger partial charge in [0, 0.05) is 24.0 Å². The van der Waals surface area contributed by atoms with Crippen molar-refractivity contribution in [3.05, 3.63) is 53.6 Å². The van der Waals surface area contributed by atoms with E-state index in [4.69, 9.17) is 5.11 Å². The van der Waals surface area contributed by atoms with Crippen LogP contribution in [0.4, 0.5) is 16.2 Å². The number of amides is 2. The monoisotopic (exact) mass is 286 g/mol. The van der Waals surface area contributed by atoms with Crippen LogP contribution in [0.5, 0.6) is 5.75 Å². The molecule has 2 aromatic carbocycles. The maximum Gasteiger partial charge on any atom is 0.323 e. The van der Waals surface area contributed by atoms with E-state index < -0.39 is 6.03 Å². The summed E-state index contributed by atoms with van der Waals surface area (Å²) in [5.41, 5.74) is 2.77. The van der Waals surface area contributed by atoms with E-state index in [1.807, 2.05) is 18.2 Å². The number of aliphatic hydroxyl groups excluding tert-OH is 1. The fourth-order valence-electron chi connectivity index (χ4n) is 1.95. The Hall–Kier alpha value is -2.53. The average molecular weight is 286 g/mol. The molecular formula is C16H18N2O3. The standard InChI is InChI=1S/C16H18N2O3/c1-11-6-7-13(10-15(11)20)17-16(21)18-14-5-3-2-4-12(14)8-9-19/h2-7,10,19-20H,8-9H2,1H3,(H2,17,18,21). The van der Waals surface area contributed by atoms with Gasteiger partial charge in [0.05, 0.1) is 0 Å². The SMILES string of the molecule is Cc1ccc(NC(=O)Nc2ccccc2CCO)cc1O. The molecule has 110 valence electrons. The number of urea groups is 1. The smallest absolute Gasteiger partial charge is 0.323 e. The summed E-state index contributed by atoms with van der Waals surface area (Å²) >= 11 is 0. The fraction of sp³-hybridized carbons (Fsp3) is 0.188. The van der Waals surface area contributed by atoms with Crippen molar-refractivity contribution in [2.75, 3.05) is 17.2 Å². The van der Waals surface area contributed by atoms with Crippen LogP contribution in [-0.4, -0.2) is 22.9 Å². The van der Waals surface area contributed by atoms with Gasteiger partial charge in [-0.25, -0.2) is 4.79 Å². The van der Waals surface area contributed by atoms with Gasteiger partial charge < -0.3 is 20.8 Å². The Balaban J connectivity index is 2.06. The van der Waals surface area contributed by atoms with Crippen LogP contribution < -0.4 is 10.6 Å². The predicted octanol–water partition coefficient (Wildman–Crippen LogP) is 2.88. The van der Waals surface area contributed by atoms with Gasteiger partial charge >= 0.3 is 6.03 Å². The normalized spacial score (nSPS) is 10.2. The van der Waals surface area contributed by atoms with Crippen molar-refractivity contribution < 1.29 is 15.0 Å². The number of nitrogens with one attached hydrogen (secondary N) is 2. The highest BCUT2D eigenvalue weighted by Gasteiger charge is 2.07. The number of hydrogen-bond acceptors (Lipinski definition) is 3. The Morgan fingerprint density at radius 2 is 1.90 bits per heavy atom. The molecule has 4 N–H and O–H groups in total. The van der Waals surface area contributed by atoms with Crippen LogP contribution >= 0.6 is 0 Å². The van der Waals surface area contributed by atoms with Gasteiger partial charge in [0.15, 0.2) is 0 Å². The number of rotatable bonds is 4. The number of hydrogen-bond donors (Lipinski definition) is 4. The fourth-order valence-corrected chi connectivity index (χ4v) is 1.95. The number of para-hydroxylation sites is 1. The molecule has 0 aliphatic carbocycles. The predicted molar refractivity (Wildman–Crippen MR) is 82.7 cm³/mol. The highest BCUT2D eigenvalue weighted by Crippen LogP contribution is 2.21. The summed E-state index contributed by atoms with van der Waals surface area (Å²) in [6, 6.07) is 11.8. The zero-order valence-electron chi connectivity index (χ0n) is 11.8. The first-order chi connectivity index (χ1) is 10.1. The van der Waals surface area contributed by atoms with Gasteiger partial charge in [0.25, 0.3) is 0 Å². The van der Waals surface area contributed by atoms with E-state index in [0.717, 1.165) is 11.1 Å². The molecule has 5 heteroatoms. The second-order valence-corrected chi connectivity index (χ2v) is 4.71. The van der Waals surface area contributed by atoms with Crippen molar-refractivity contribution in [3.8, 4) is 5.75 Å². The molecule has 0 fully saturated rings. The van der Waals surface area contributed by atoms with E-state index in [1.165, 1.54) is 6.07 Å². The van der Waals surface area contributed by atoms with Crippen LogP contribution in [0.2, 0.25) is 0 Å². The Bertz CT molecular complexity index is 641. The molecule has 0 spiro atoms. The molecule has 0 bridgehead atoms. The quantitative estimate of drug-likeness (QED) is 0.697. The van der Waals surface area contributed by atoms with Gasteiger partial charge in [0.1, 0.15) is 5.75 Å². The van der Waals surface area contributed by atoms with Gasteiger partial charge in [-0.1, -0.05) is 24.3 Å². The lowest BCUT2D eigenvalue weighted by molar-refractivity contribution is 0.262. The van der Waals surface area contributed by atoms with Crippen LogP contribution in [-0.2, 0) is 6.42 Å². The van der Waals surface area contributed by atoms with Gasteiger partial charge in [-0.05, 0) is 36.6 Å². The van der Waals surface area contributed by atoms with Crippen molar-refractivity contribution >= 4 is 17.4 Å². The van der Waals surface area contributed by atoms with E-state index in [2.05, 4.69) is 10.6 Å². The minimum absolute atomic E-state index is 0.0200. The summed E-state index contributed by atoms with van der Waals surface area (Å²) in [5, 5.41) is 24.0. The number of aryl methyl sites for hydroxylation is 1. The summed E-state index contributed by atoms with van der Waals surface area (Å²) in [4.78, 5) is 12.0. The maximum absolute atomic E-state index is 12.0. The Labute approximate surface area is 123 Å². The minimum atomic E-state index is -0.399. The number of carbonyl (C=O) groups is 1. The van der Waals surface area contributed by atoms with E-state index in [1.54, 1.807) is 25.1 Å². The number of phenolic OH excluding ortho intramolecular Hbond substituents is 1. The van der Waals surface area contributed by atoms with Crippen molar-refractivity contribution in [3.63, 3.8) is 0 Å². The molecule has 5 nitrogen and oxygen atoms in total. The molecule has 2 rings (SSSR count). The van der Waals surface area contributed by atoms with Gasteiger partial charge in [-0.2, -0.15) is 0 Å². The summed E-state index contributed by atoms with van der Waals surface area (Å²) in [6.45, 7) is 1.80. The van der Waals surface area contributed by atoms with Gasteiger partial charge in [-0.3, -0.25) is 0 Å². The summed E-state index contributed by atoms with van der Waals surface area (Å²) in [6.07, 6.45) is 0.474. The zero-order valence-corrected chi connectivity index (χ0v) is 11.8. The Kier molecular flexibility index (Phi) is 4.79. The maximum atomic E-state index is 12.0. The first-order valence-corrected chi connectivity index (χ1v) is 6.66. The average Bonchev–Trinajstić information content (AvgIpc) is 2.45. The largest absolute Gasteiger partial charge is 0.508 e. The molecule has 0 aliphatic rings. The molecule has 0 saturated carbocycles. The topological polar surface area (TPSA) is 81.6 Å². The third kappa shape index (κ3) is 3.97. The van der Waals surface area contributed by atoms with E-state index in [-0.39, 0.29) is 12.4 Å². The van der Waals surface area contributed by atoms with E-state index >= 15 is 0 Å². The summed E-state index contributed by atoms with van der Waals surface area (Å²) in [5.74, 6) is 0.133. The highest BCUT2D eigenvalue weighted by atomic mass is 16.3. The molecule has 21 heavy (non-hydrogen) atoms. The Morgan fingerprint density at radius 3 is 2.62 bits per heavy atom. The summed E-state index contributed by atoms with van der Waals surface area (Å²) < 4.78 is 0. The molecule has 2 aromatic rings. The van der Waals surface area contributed by atoms with Gasteiger partial charge in [0.2, 0.25) is 0 Å². The lowest BCUT2D eigenvalue weighted by atomic mass is 10.1. The van der Waals surface area contributed by atoms with Crippen molar-refractivity contribution in [1.82, 2.24) is 0 Å². The lowest BCUT2D eigenvalue weighted by Crippen LogP contribution is -2.20. The van der Waals surface area contributed by atoms with Gasteiger partial charge in [-0.15, -0.1) is 0 Å². The molecule has 0 aliphatic heterocycles. The molecule has 0 saturated heterocycles. The lowest BCUT2D eigenvalue weighted by Gasteiger charge is -2.12. The second-order valence-electron chi connectivity index (χ2n) is 4.71. The molecular weight excluding hydrogens is 268 g/mol. The van der Waals surface area contributed by atoms with Crippen molar-refractivity contribution in [1.29, 1.82) is 0 Å². The minimum Gasteiger partial charge on any atom is -0.508 e. The van der Waals surface area contributed by atoms with Crippen LogP contribution in [0.25, 0.3) is 0 Å². The van der Waals surface area contributed by atoms with E-state index in [0.29, 0.717) is 17.8 Å². The number of carbonyl (C=O) groups excluding carboxylic acids is 1. The first-order valence-electron chi connectivity index (χ1n) is 6.66. The summed E-state index contributed by atoms with van der Waals surface area (Å²) in [7, 11) is 0. The molecule has 0 atom stereocenters. The number of benzene rings is 2. The molecule has 0 unspecified atom stereocenters. The van der Waals surface area contributed by atoms with Crippen molar-refractivity contribution in [2.45, 2.75) is 13.3 Å². The number of phenols is 1. The molecule has 2 amide bonds. The Morgan fingerprint density at radius 1 is 1.14 bits per heavy atom. The molecule has 0 aromatic heterocycles. The van der Waals surface area contributed by atoms with Crippen molar-refractivity contribution in [2.24, 2.45) is 0 Å². The van der Waals surface area contributed by atoms with E-state index in [9.17, 15) is 9.90 Å². The van der Waals surface area contributed by atoms with Crippen LogP contribution in [0, 0.1) is 6.92 Å². The zero-order chi connectivity index (χ0) is 15.2. The van der Waals surface area contributed by atoms with Crippen LogP contribution in [0.1, 0.15) is 11.1 Å². The third-order valence-corrected chi connectivity index (χ3v) is 3.11. The van der Waals surface area contributed by atoms with Crippen LogP contribution in [0.15, 0.2) is 42.5 Å². The number of anilines is 2. The number of aromatic hydroxyl groups is 1. The second kappa shape index (κ2) is 6.76.